The number of hydrogen-bond acceptors (Lipinski definition) is 2. The van der Waals surface area contributed by atoms with Crippen molar-refractivity contribution in [3.8, 4) is 0 Å². The molecule has 1 aliphatic heterocycles. The van der Waals surface area contributed by atoms with Gasteiger partial charge in [0.05, 0.1) is 0 Å². The van der Waals surface area contributed by atoms with E-state index in [9.17, 15) is 8.78 Å². The molecule has 1 aliphatic rings. The van der Waals surface area contributed by atoms with Crippen molar-refractivity contribution in [1.82, 2.24) is 15.5 Å². The summed E-state index contributed by atoms with van der Waals surface area (Å²) in [7, 11) is 1.71. The van der Waals surface area contributed by atoms with Gasteiger partial charge in [0.25, 0.3) is 0 Å². The Morgan fingerprint density at radius 2 is 2.12 bits per heavy atom. The first-order valence-corrected chi connectivity index (χ1v) is 8.26. The van der Waals surface area contributed by atoms with Crippen LogP contribution < -0.4 is 10.6 Å². The van der Waals surface area contributed by atoms with E-state index < -0.39 is 5.82 Å². The quantitative estimate of drug-likeness (QED) is 0.396. The van der Waals surface area contributed by atoms with Crippen molar-refractivity contribution in [2.75, 3.05) is 33.2 Å². The van der Waals surface area contributed by atoms with Crippen molar-refractivity contribution in [3.05, 3.63) is 35.4 Å². The molecule has 1 aromatic carbocycles. The third kappa shape index (κ3) is 6.16. The van der Waals surface area contributed by atoms with E-state index in [1.54, 1.807) is 7.05 Å². The Morgan fingerprint density at radius 3 is 2.83 bits per heavy atom. The van der Waals surface area contributed by atoms with Crippen LogP contribution in [0.1, 0.15) is 25.3 Å². The molecule has 1 atom stereocenters. The summed E-state index contributed by atoms with van der Waals surface area (Å²) in [6.07, 6.45) is 2.85. The molecule has 1 unspecified atom stereocenters. The normalized spacial score (nSPS) is 18.3. The second kappa shape index (κ2) is 10.8. The zero-order valence-electron chi connectivity index (χ0n) is 14.3. The van der Waals surface area contributed by atoms with E-state index >= 15 is 0 Å². The highest BCUT2D eigenvalue weighted by molar-refractivity contribution is 14.0. The van der Waals surface area contributed by atoms with Gasteiger partial charge in [0.2, 0.25) is 0 Å². The number of hydrogen-bond donors (Lipinski definition) is 2. The largest absolute Gasteiger partial charge is 0.356 e. The maximum absolute atomic E-state index is 13.6. The first kappa shape index (κ1) is 21.1. The van der Waals surface area contributed by atoms with Crippen LogP contribution in [0.15, 0.2) is 23.2 Å². The minimum Gasteiger partial charge on any atom is -0.356 e. The second-order valence-electron chi connectivity index (χ2n) is 5.79. The Balaban J connectivity index is 0.00000288. The summed E-state index contributed by atoms with van der Waals surface area (Å²) in [4.78, 5) is 6.64. The number of rotatable bonds is 6. The van der Waals surface area contributed by atoms with Crippen LogP contribution in [-0.2, 0) is 6.42 Å². The van der Waals surface area contributed by atoms with E-state index in [4.69, 9.17) is 0 Å². The van der Waals surface area contributed by atoms with Crippen molar-refractivity contribution in [2.24, 2.45) is 4.99 Å². The molecular formula is C17H27F2IN4. The smallest absolute Gasteiger partial charge is 0.191 e. The molecule has 2 rings (SSSR count). The number of aliphatic imine (C=N–C) groups is 1. The van der Waals surface area contributed by atoms with Gasteiger partial charge in [-0.3, -0.25) is 9.89 Å². The fraction of sp³-hybridized carbons (Fsp3) is 0.588. The number of nitrogens with zero attached hydrogens (tertiary/aromatic N) is 2. The number of halogens is 3. The molecule has 0 saturated carbocycles. The molecule has 0 spiro atoms. The zero-order chi connectivity index (χ0) is 16.7. The fourth-order valence-corrected chi connectivity index (χ4v) is 3.03. The van der Waals surface area contributed by atoms with Gasteiger partial charge in [-0.2, -0.15) is 0 Å². The molecule has 7 heteroatoms. The Morgan fingerprint density at radius 1 is 1.33 bits per heavy atom. The van der Waals surface area contributed by atoms with Gasteiger partial charge in [-0.25, -0.2) is 8.78 Å². The summed E-state index contributed by atoms with van der Waals surface area (Å²) >= 11 is 0. The topological polar surface area (TPSA) is 39.7 Å². The lowest BCUT2D eigenvalue weighted by Crippen LogP contribution is -2.45. The van der Waals surface area contributed by atoms with Crippen LogP contribution in [-0.4, -0.2) is 50.1 Å². The molecular weight excluding hydrogens is 425 g/mol. The summed E-state index contributed by atoms with van der Waals surface area (Å²) in [6, 6.07) is 4.08. The zero-order valence-corrected chi connectivity index (χ0v) is 16.6. The molecule has 0 aliphatic carbocycles. The first-order valence-electron chi connectivity index (χ1n) is 8.26. The van der Waals surface area contributed by atoms with Crippen LogP contribution in [0.5, 0.6) is 0 Å². The number of likely N-dealkylation sites (N-methyl/N-ethyl adjacent to an activating group) is 1. The Kier molecular flexibility index (Phi) is 9.50. The molecule has 1 aromatic rings. The molecule has 0 radical (unpaired) electrons. The Bertz CT molecular complexity index is 539. The van der Waals surface area contributed by atoms with Crippen molar-refractivity contribution < 1.29 is 8.78 Å². The summed E-state index contributed by atoms with van der Waals surface area (Å²) in [5, 5.41) is 6.47. The predicted octanol–water partition coefficient (Wildman–Crippen LogP) is 2.77. The van der Waals surface area contributed by atoms with Gasteiger partial charge >= 0.3 is 0 Å². The Labute approximate surface area is 160 Å². The van der Waals surface area contributed by atoms with E-state index in [1.807, 2.05) is 0 Å². The van der Waals surface area contributed by atoms with Crippen molar-refractivity contribution >= 4 is 29.9 Å². The van der Waals surface area contributed by atoms with E-state index in [0.29, 0.717) is 30.5 Å². The van der Waals surface area contributed by atoms with E-state index in [0.717, 1.165) is 31.8 Å². The minimum atomic E-state index is -0.412. The molecule has 0 bridgehead atoms. The highest BCUT2D eigenvalue weighted by Gasteiger charge is 2.22. The van der Waals surface area contributed by atoms with Crippen LogP contribution in [0.25, 0.3) is 0 Å². The van der Waals surface area contributed by atoms with Gasteiger partial charge in [0.1, 0.15) is 11.6 Å². The van der Waals surface area contributed by atoms with Crippen LogP contribution in [0, 0.1) is 11.6 Å². The molecule has 136 valence electrons. The number of benzene rings is 1. The van der Waals surface area contributed by atoms with Gasteiger partial charge in [0.15, 0.2) is 5.96 Å². The Hall–Kier alpha value is -0.960. The standard InChI is InChI=1S/C17H26F2N4.HI/c1-3-23-10-4-5-15(23)12-22-17(20-2)21-9-8-13-11-14(18)6-7-16(13)19;/h6-7,11,15H,3-5,8-10,12H2,1-2H3,(H2,20,21,22);1H. The van der Waals surface area contributed by atoms with Gasteiger partial charge < -0.3 is 10.6 Å². The van der Waals surface area contributed by atoms with E-state index in [1.165, 1.54) is 18.9 Å². The average Bonchev–Trinajstić information content (AvgIpc) is 3.01. The predicted molar refractivity (Wildman–Crippen MR) is 105 cm³/mol. The molecule has 24 heavy (non-hydrogen) atoms. The van der Waals surface area contributed by atoms with Crippen molar-refractivity contribution in [1.29, 1.82) is 0 Å². The van der Waals surface area contributed by atoms with Crippen LogP contribution in [0.2, 0.25) is 0 Å². The van der Waals surface area contributed by atoms with Gasteiger partial charge in [-0.05, 0) is 56.1 Å². The van der Waals surface area contributed by atoms with E-state index in [2.05, 4.69) is 27.4 Å². The summed E-state index contributed by atoms with van der Waals surface area (Å²) in [5.74, 6) is -0.0877. The highest BCUT2D eigenvalue weighted by Crippen LogP contribution is 2.15. The average molecular weight is 452 g/mol. The van der Waals surface area contributed by atoms with Gasteiger partial charge in [0, 0.05) is 26.2 Å². The SMILES string of the molecule is CCN1CCCC1CNC(=NC)NCCc1cc(F)ccc1F.I. The lowest BCUT2D eigenvalue weighted by Gasteiger charge is -2.24. The summed E-state index contributed by atoms with van der Waals surface area (Å²) < 4.78 is 26.7. The number of guanidine groups is 1. The lowest BCUT2D eigenvalue weighted by atomic mass is 10.1. The fourth-order valence-electron chi connectivity index (χ4n) is 3.03. The molecule has 4 nitrogen and oxygen atoms in total. The van der Waals surface area contributed by atoms with Crippen LogP contribution in [0.4, 0.5) is 8.78 Å². The van der Waals surface area contributed by atoms with E-state index in [-0.39, 0.29) is 29.8 Å². The first-order chi connectivity index (χ1) is 11.1. The maximum Gasteiger partial charge on any atom is 0.191 e. The molecule has 0 amide bonds. The monoisotopic (exact) mass is 452 g/mol. The molecule has 1 heterocycles. The van der Waals surface area contributed by atoms with Crippen molar-refractivity contribution in [3.63, 3.8) is 0 Å². The third-order valence-corrected chi connectivity index (χ3v) is 4.33. The number of nitrogens with one attached hydrogen (secondary N) is 2. The third-order valence-electron chi connectivity index (χ3n) is 4.33. The van der Waals surface area contributed by atoms with Crippen LogP contribution >= 0.6 is 24.0 Å². The molecule has 1 saturated heterocycles. The lowest BCUT2D eigenvalue weighted by molar-refractivity contribution is 0.267. The van der Waals surface area contributed by atoms with Crippen LogP contribution in [0.3, 0.4) is 0 Å². The summed E-state index contributed by atoms with van der Waals surface area (Å²) in [5.41, 5.74) is 0.376. The molecule has 0 aromatic heterocycles. The summed E-state index contributed by atoms with van der Waals surface area (Å²) in [6.45, 7) is 5.76. The van der Waals surface area contributed by atoms with Gasteiger partial charge in [-0.15, -0.1) is 24.0 Å². The number of likely N-dealkylation sites (tertiary alicyclic amines) is 1. The molecule has 1 fully saturated rings. The highest BCUT2D eigenvalue weighted by atomic mass is 127. The maximum atomic E-state index is 13.6. The molecule has 2 N–H and O–H groups in total. The van der Waals surface area contributed by atoms with Crippen molar-refractivity contribution in [2.45, 2.75) is 32.2 Å². The minimum absolute atomic E-state index is 0. The van der Waals surface area contributed by atoms with Gasteiger partial charge in [-0.1, -0.05) is 6.92 Å². The second-order valence-corrected chi connectivity index (χ2v) is 5.79.